The molecule has 2 heterocycles. The summed E-state index contributed by atoms with van der Waals surface area (Å²) in [7, 11) is 0. The van der Waals surface area contributed by atoms with E-state index in [0.717, 1.165) is 5.56 Å². The van der Waals surface area contributed by atoms with Gasteiger partial charge in [-0.05, 0) is 44.6 Å². The molecule has 1 aromatic carbocycles. The molecule has 0 saturated carbocycles. The second kappa shape index (κ2) is 21.5. The number of carbonyl (C=O) groups excluding carboxylic acids is 6. The molecule has 55 heavy (non-hydrogen) atoms. The van der Waals surface area contributed by atoms with E-state index >= 15 is 0 Å². The Labute approximate surface area is 325 Å². The van der Waals surface area contributed by atoms with Gasteiger partial charge >= 0.3 is 0 Å². The SMILES string of the molecule is C#CC[C@H](CC(=O)[C@H](C)NC(=O)CC[C@@H](C)CC(=O)c1ccc(CCc2cnc3nc(N)[nH]c(=O)c3n2)cc1)C(=O)N[C@@H](C)C(=O)C[C@@H](C)C(=O)NCCS. The molecule has 0 saturated heterocycles. The Morgan fingerprint density at radius 2 is 1.58 bits per heavy atom. The summed E-state index contributed by atoms with van der Waals surface area (Å²) in [5, 5.41) is 7.94. The van der Waals surface area contributed by atoms with Crippen LogP contribution in [0.2, 0.25) is 0 Å². The van der Waals surface area contributed by atoms with Crippen LogP contribution in [0, 0.1) is 30.1 Å². The first-order valence-electron chi connectivity index (χ1n) is 18.2. The number of aromatic amines is 1. The number of aromatic nitrogens is 4. The van der Waals surface area contributed by atoms with Crippen molar-refractivity contribution in [3.8, 4) is 12.3 Å². The van der Waals surface area contributed by atoms with Crippen LogP contribution in [0.15, 0.2) is 35.3 Å². The van der Waals surface area contributed by atoms with Crippen LogP contribution in [0.25, 0.3) is 11.2 Å². The Morgan fingerprint density at radius 3 is 2.25 bits per heavy atom. The summed E-state index contributed by atoms with van der Waals surface area (Å²) in [6, 6.07) is 5.45. The van der Waals surface area contributed by atoms with Crippen molar-refractivity contribution < 1.29 is 28.8 Å². The molecule has 3 amide bonds. The van der Waals surface area contributed by atoms with Crippen LogP contribution >= 0.6 is 12.6 Å². The van der Waals surface area contributed by atoms with Gasteiger partial charge in [-0.25, -0.2) is 9.97 Å². The number of benzene rings is 1. The minimum atomic E-state index is -0.910. The summed E-state index contributed by atoms with van der Waals surface area (Å²) in [5.41, 5.74) is 7.53. The highest BCUT2D eigenvalue weighted by Crippen LogP contribution is 2.17. The lowest BCUT2D eigenvalue weighted by atomic mass is 9.93. The average Bonchev–Trinajstić information content (AvgIpc) is 3.15. The van der Waals surface area contributed by atoms with Gasteiger partial charge < -0.3 is 21.7 Å². The highest BCUT2D eigenvalue weighted by molar-refractivity contribution is 7.80. The van der Waals surface area contributed by atoms with Crippen molar-refractivity contribution in [3.05, 3.63) is 57.6 Å². The Bertz CT molecular complexity index is 1960. The van der Waals surface area contributed by atoms with Crippen LogP contribution in [0.5, 0.6) is 0 Å². The van der Waals surface area contributed by atoms with E-state index in [-0.39, 0.29) is 78.5 Å². The monoisotopic (exact) mass is 774 g/mol. The number of H-pyrrole nitrogens is 1. The molecule has 3 aromatic rings. The first kappa shape index (κ1) is 44.0. The van der Waals surface area contributed by atoms with Gasteiger partial charge in [-0.3, -0.25) is 38.5 Å². The molecule has 16 heteroatoms. The van der Waals surface area contributed by atoms with Gasteiger partial charge in [-0.15, -0.1) is 12.3 Å². The summed E-state index contributed by atoms with van der Waals surface area (Å²) in [6.07, 6.45) is 8.52. The Morgan fingerprint density at radius 1 is 0.909 bits per heavy atom. The van der Waals surface area contributed by atoms with E-state index in [2.05, 4.69) is 54.4 Å². The van der Waals surface area contributed by atoms with Gasteiger partial charge in [0.1, 0.15) is 0 Å². The van der Waals surface area contributed by atoms with Crippen molar-refractivity contribution in [1.29, 1.82) is 0 Å². The van der Waals surface area contributed by atoms with Crippen molar-refractivity contribution in [1.82, 2.24) is 35.9 Å². The first-order valence-corrected chi connectivity index (χ1v) is 18.9. The molecule has 2 aromatic heterocycles. The molecule has 6 N–H and O–H groups in total. The van der Waals surface area contributed by atoms with Crippen molar-refractivity contribution in [2.75, 3.05) is 18.0 Å². The summed E-state index contributed by atoms with van der Waals surface area (Å²) >= 11 is 4.04. The molecule has 0 aliphatic carbocycles. The number of nitrogens with zero attached hydrogens (tertiary/aromatic N) is 3. The zero-order valence-electron chi connectivity index (χ0n) is 31.6. The summed E-state index contributed by atoms with van der Waals surface area (Å²) < 4.78 is 0. The normalized spacial score (nSPS) is 13.7. The van der Waals surface area contributed by atoms with E-state index in [9.17, 15) is 33.6 Å². The summed E-state index contributed by atoms with van der Waals surface area (Å²) in [4.78, 5) is 103. The molecule has 0 fully saturated rings. The van der Waals surface area contributed by atoms with Crippen LogP contribution < -0.4 is 27.2 Å². The molecule has 294 valence electrons. The largest absolute Gasteiger partial charge is 0.369 e. The molecule has 5 atom stereocenters. The number of anilines is 1. The van der Waals surface area contributed by atoms with Crippen molar-refractivity contribution in [2.24, 2.45) is 17.8 Å². The fraction of sp³-hybridized carbons (Fsp3) is 0.487. The zero-order chi connectivity index (χ0) is 40.7. The van der Waals surface area contributed by atoms with Crippen molar-refractivity contribution >= 4 is 64.8 Å². The summed E-state index contributed by atoms with van der Waals surface area (Å²) in [5.74, 6) is -0.790. The quantitative estimate of drug-likeness (QED) is 0.0492. The number of hydrogen-bond acceptors (Lipinski definition) is 12. The number of ketones is 3. The predicted octanol–water partition coefficient (Wildman–Crippen LogP) is 2.32. The number of nitrogens with two attached hydrogens (primary N) is 1. The minimum absolute atomic E-state index is 0.0282. The molecule has 3 rings (SSSR count). The molecule has 0 radical (unpaired) electrons. The number of aryl methyl sites for hydroxylation is 2. The van der Waals surface area contributed by atoms with Gasteiger partial charge in [0.05, 0.1) is 29.9 Å². The van der Waals surface area contributed by atoms with Gasteiger partial charge in [-0.2, -0.15) is 17.6 Å². The number of terminal acetylenes is 1. The van der Waals surface area contributed by atoms with Gasteiger partial charge in [0, 0.05) is 55.9 Å². The third-order valence-corrected chi connectivity index (χ3v) is 9.30. The van der Waals surface area contributed by atoms with E-state index in [4.69, 9.17) is 12.2 Å². The van der Waals surface area contributed by atoms with Crippen LogP contribution in [0.3, 0.4) is 0 Å². The number of rotatable bonds is 22. The van der Waals surface area contributed by atoms with Crippen LogP contribution in [0.4, 0.5) is 5.95 Å². The Kier molecular flexibility index (Phi) is 17.2. The molecule has 0 bridgehead atoms. The number of Topliss-reactive ketones (excluding diaryl/α,β-unsaturated/α-hetero) is 3. The lowest BCUT2D eigenvalue weighted by molar-refractivity contribution is -0.134. The van der Waals surface area contributed by atoms with Crippen LogP contribution in [-0.4, -0.2) is 79.4 Å². The van der Waals surface area contributed by atoms with Gasteiger partial charge in [0.15, 0.2) is 28.5 Å². The maximum absolute atomic E-state index is 13.0. The van der Waals surface area contributed by atoms with E-state index in [0.29, 0.717) is 42.8 Å². The molecule has 0 aliphatic heterocycles. The third-order valence-electron chi connectivity index (χ3n) is 9.08. The number of amides is 3. The molecule has 0 unspecified atom stereocenters. The van der Waals surface area contributed by atoms with E-state index in [1.165, 1.54) is 13.8 Å². The van der Waals surface area contributed by atoms with Crippen LogP contribution in [0.1, 0.15) is 87.8 Å². The fourth-order valence-electron chi connectivity index (χ4n) is 5.68. The lowest BCUT2D eigenvalue weighted by Crippen LogP contribution is -2.45. The van der Waals surface area contributed by atoms with Crippen molar-refractivity contribution in [2.45, 2.75) is 91.1 Å². The lowest BCUT2D eigenvalue weighted by Gasteiger charge is -2.21. The van der Waals surface area contributed by atoms with E-state index in [1.54, 1.807) is 25.3 Å². The fourth-order valence-corrected chi connectivity index (χ4v) is 5.80. The maximum Gasteiger partial charge on any atom is 0.280 e. The van der Waals surface area contributed by atoms with E-state index in [1.807, 2.05) is 19.1 Å². The smallest absolute Gasteiger partial charge is 0.280 e. The second-order valence-corrected chi connectivity index (χ2v) is 14.3. The number of nitrogen functional groups attached to an aromatic ring is 1. The molecule has 0 spiro atoms. The number of hydrogen-bond donors (Lipinski definition) is 6. The van der Waals surface area contributed by atoms with Gasteiger partial charge in [0.25, 0.3) is 5.56 Å². The maximum atomic E-state index is 13.0. The molecule has 0 aliphatic rings. The third kappa shape index (κ3) is 14.1. The molecular weight excluding hydrogens is 725 g/mol. The summed E-state index contributed by atoms with van der Waals surface area (Å²) in [6.45, 7) is 6.91. The predicted molar refractivity (Wildman–Crippen MR) is 211 cm³/mol. The molecular formula is C39H50N8O7S. The molecule has 15 nitrogen and oxygen atoms in total. The minimum Gasteiger partial charge on any atom is -0.369 e. The number of nitrogens with one attached hydrogen (secondary N) is 4. The highest BCUT2D eigenvalue weighted by Gasteiger charge is 2.28. The highest BCUT2D eigenvalue weighted by atomic mass is 32.1. The average molecular weight is 775 g/mol. The first-order chi connectivity index (χ1) is 26.1. The zero-order valence-corrected chi connectivity index (χ0v) is 32.5. The second-order valence-electron chi connectivity index (χ2n) is 13.8. The number of fused-ring (bicyclic) bond motifs is 1. The van der Waals surface area contributed by atoms with Crippen molar-refractivity contribution in [3.63, 3.8) is 0 Å². The Hall–Kier alpha value is -5.43. The van der Waals surface area contributed by atoms with E-state index < -0.39 is 41.2 Å². The van der Waals surface area contributed by atoms with Gasteiger partial charge in [0.2, 0.25) is 23.7 Å². The number of carbonyl (C=O) groups is 6. The van der Waals surface area contributed by atoms with Crippen LogP contribution in [-0.2, 0) is 36.8 Å². The standard InChI is InChI=1S/C39H50N8O7S/c1-6-7-28(37(53)44-25(5)30(48)19-23(3)36(52)41-16-17-55)20-31(49)24(4)43-33(51)15-8-22(2)18-32(50)27-12-9-26(10-13-27)11-14-29-21-42-35-34(45-29)38(54)47-39(40)46-35/h1,9-10,12-13,21-25,28,55H,7-8,11,14-20H2,2-5H3,(H,41,52)(H,43,51)(H,44,53)(H3,40,42,46,47,54)/t22-,23-,24+,25+,28-/m1/s1. The number of thiol groups is 1. The Balaban J connectivity index is 1.41. The topological polar surface area (TPSA) is 236 Å². The van der Waals surface area contributed by atoms with Gasteiger partial charge in [-0.1, -0.05) is 38.1 Å².